The third-order valence-corrected chi connectivity index (χ3v) is 3.69. The first-order chi connectivity index (χ1) is 8.84. The lowest BCUT2D eigenvalue weighted by Gasteiger charge is -2.03. The quantitative estimate of drug-likeness (QED) is 0.578. The summed E-state index contributed by atoms with van der Waals surface area (Å²) in [5.74, 6) is 0.794. The molecule has 90 valence electrons. The first-order valence-electron chi connectivity index (χ1n) is 5.60. The number of para-hydroxylation sites is 1. The van der Waals surface area contributed by atoms with Crippen LogP contribution in [0.25, 0.3) is 5.65 Å². The van der Waals surface area contributed by atoms with E-state index in [2.05, 4.69) is 10.2 Å². The monoisotopic (exact) mass is 256 g/mol. The molecule has 2 N–H and O–H groups in total. The molecule has 3 aromatic rings. The summed E-state index contributed by atoms with van der Waals surface area (Å²) in [4.78, 5) is 0. The summed E-state index contributed by atoms with van der Waals surface area (Å²) < 4.78 is 1.98. The second-order valence-corrected chi connectivity index (χ2v) is 4.84. The highest BCUT2D eigenvalue weighted by Gasteiger charge is 2.06. The molecule has 0 aliphatic heterocycles. The number of hydrogen-bond donors (Lipinski definition) is 1. The van der Waals surface area contributed by atoms with Gasteiger partial charge in [0, 0.05) is 17.6 Å². The zero-order valence-corrected chi connectivity index (χ0v) is 10.5. The molecule has 0 saturated carbocycles. The Kier molecular flexibility index (Phi) is 2.90. The van der Waals surface area contributed by atoms with E-state index in [9.17, 15) is 0 Å². The molecule has 0 bridgehead atoms. The molecular weight excluding hydrogens is 244 g/mol. The van der Waals surface area contributed by atoms with Crippen LogP contribution in [0.2, 0.25) is 0 Å². The fourth-order valence-electron chi connectivity index (χ4n) is 1.73. The Labute approximate surface area is 109 Å². The smallest absolute Gasteiger partial charge is 0.195 e. The number of thioether (sulfide) groups is 1. The Bertz CT molecular complexity index is 677. The molecule has 4 nitrogen and oxygen atoms in total. The molecule has 2 heterocycles. The van der Waals surface area contributed by atoms with Gasteiger partial charge < -0.3 is 5.73 Å². The van der Waals surface area contributed by atoms with Crippen molar-refractivity contribution in [2.75, 3.05) is 5.73 Å². The maximum Gasteiger partial charge on any atom is 0.195 e. The van der Waals surface area contributed by atoms with Gasteiger partial charge in [-0.2, -0.15) is 0 Å². The van der Waals surface area contributed by atoms with E-state index in [0.717, 1.165) is 27.8 Å². The number of aromatic nitrogens is 3. The minimum Gasteiger partial charge on any atom is -0.398 e. The lowest BCUT2D eigenvalue weighted by molar-refractivity contribution is 0.921. The largest absolute Gasteiger partial charge is 0.398 e. The number of fused-ring (bicyclic) bond motifs is 1. The van der Waals surface area contributed by atoms with E-state index in [4.69, 9.17) is 5.73 Å². The molecule has 2 aromatic heterocycles. The molecule has 3 rings (SSSR count). The first kappa shape index (κ1) is 11.1. The van der Waals surface area contributed by atoms with Gasteiger partial charge in [-0.3, -0.25) is 4.40 Å². The Balaban J connectivity index is 1.83. The fourth-order valence-corrected chi connectivity index (χ4v) is 2.67. The van der Waals surface area contributed by atoms with E-state index in [0.29, 0.717) is 0 Å². The summed E-state index contributed by atoms with van der Waals surface area (Å²) >= 11 is 1.63. The van der Waals surface area contributed by atoms with E-state index in [1.807, 2.05) is 53.1 Å². The standard InChI is InChI=1S/C13H12N4S/c14-11-6-2-1-5-10(11)9-18-13-16-15-12-7-3-4-8-17(12)13/h1-8H,9,14H2. The van der Waals surface area contributed by atoms with Gasteiger partial charge >= 0.3 is 0 Å². The number of benzene rings is 1. The molecule has 18 heavy (non-hydrogen) atoms. The van der Waals surface area contributed by atoms with Crippen LogP contribution in [0.4, 0.5) is 5.69 Å². The Morgan fingerprint density at radius 1 is 1.06 bits per heavy atom. The normalized spacial score (nSPS) is 10.9. The van der Waals surface area contributed by atoms with Crippen LogP contribution >= 0.6 is 11.8 Å². The van der Waals surface area contributed by atoms with E-state index >= 15 is 0 Å². The van der Waals surface area contributed by atoms with Gasteiger partial charge in [-0.15, -0.1) is 10.2 Å². The lowest BCUT2D eigenvalue weighted by atomic mass is 10.2. The SMILES string of the molecule is Nc1ccccc1CSc1nnc2ccccn12. The Morgan fingerprint density at radius 3 is 2.78 bits per heavy atom. The van der Waals surface area contributed by atoms with E-state index in [1.54, 1.807) is 11.8 Å². The van der Waals surface area contributed by atoms with Crippen LogP contribution in [0.1, 0.15) is 5.56 Å². The maximum atomic E-state index is 5.92. The number of hydrogen-bond acceptors (Lipinski definition) is 4. The fraction of sp³-hybridized carbons (Fsp3) is 0.0769. The first-order valence-corrected chi connectivity index (χ1v) is 6.59. The van der Waals surface area contributed by atoms with Crippen molar-refractivity contribution in [3.05, 3.63) is 54.2 Å². The number of anilines is 1. The van der Waals surface area contributed by atoms with Crippen molar-refractivity contribution >= 4 is 23.1 Å². The number of nitrogens with two attached hydrogens (primary N) is 1. The van der Waals surface area contributed by atoms with Gasteiger partial charge in [0.2, 0.25) is 0 Å². The summed E-state index contributed by atoms with van der Waals surface area (Å²) in [6.07, 6.45) is 1.96. The third kappa shape index (κ3) is 2.04. The van der Waals surface area contributed by atoms with Crippen LogP contribution in [0.3, 0.4) is 0 Å². The molecule has 0 aliphatic rings. The average Bonchev–Trinajstić information content (AvgIpc) is 2.81. The van der Waals surface area contributed by atoms with Crippen molar-refractivity contribution in [3.8, 4) is 0 Å². The molecule has 5 heteroatoms. The molecule has 1 aromatic carbocycles. The minimum absolute atomic E-state index is 0.794. The highest BCUT2D eigenvalue weighted by atomic mass is 32.2. The third-order valence-electron chi connectivity index (χ3n) is 2.69. The molecule has 0 atom stereocenters. The summed E-state index contributed by atoms with van der Waals surface area (Å²) in [5, 5.41) is 9.17. The molecular formula is C13H12N4S. The van der Waals surface area contributed by atoms with Crippen LogP contribution in [0.5, 0.6) is 0 Å². The zero-order chi connectivity index (χ0) is 12.4. The highest BCUT2D eigenvalue weighted by molar-refractivity contribution is 7.98. The van der Waals surface area contributed by atoms with Crippen molar-refractivity contribution in [2.24, 2.45) is 0 Å². The molecule has 0 fully saturated rings. The topological polar surface area (TPSA) is 56.2 Å². The molecule has 0 saturated heterocycles. The molecule has 0 unspecified atom stereocenters. The van der Waals surface area contributed by atoms with Crippen LogP contribution in [0, 0.1) is 0 Å². The van der Waals surface area contributed by atoms with E-state index in [-0.39, 0.29) is 0 Å². The second kappa shape index (κ2) is 4.70. The van der Waals surface area contributed by atoms with Crippen molar-refractivity contribution in [3.63, 3.8) is 0 Å². The van der Waals surface area contributed by atoms with Gasteiger partial charge in [-0.05, 0) is 23.8 Å². The van der Waals surface area contributed by atoms with Gasteiger partial charge in [-0.25, -0.2) is 0 Å². The van der Waals surface area contributed by atoms with Crippen LogP contribution in [0.15, 0.2) is 53.8 Å². The molecule has 0 spiro atoms. The molecule has 0 amide bonds. The van der Waals surface area contributed by atoms with Gasteiger partial charge in [0.25, 0.3) is 0 Å². The zero-order valence-electron chi connectivity index (χ0n) is 9.65. The van der Waals surface area contributed by atoms with Crippen molar-refractivity contribution in [2.45, 2.75) is 10.9 Å². The minimum atomic E-state index is 0.794. The number of nitrogen functional groups attached to an aromatic ring is 1. The second-order valence-electron chi connectivity index (χ2n) is 3.90. The van der Waals surface area contributed by atoms with Crippen molar-refractivity contribution in [1.82, 2.24) is 14.6 Å². The highest BCUT2D eigenvalue weighted by Crippen LogP contribution is 2.24. The predicted molar refractivity (Wildman–Crippen MR) is 73.4 cm³/mol. The average molecular weight is 256 g/mol. The number of pyridine rings is 1. The summed E-state index contributed by atoms with van der Waals surface area (Å²) in [7, 11) is 0. The van der Waals surface area contributed by atoms with Crippen LogP contribution in [-0.2, 0) is 5.75 Å². The van der Waals surface area contributed by atoms with Gasteiger partial charge in [-0.1, -0.05) is 36.0 Å². The van der Waals surface area contributed by atoms with Gasteiger partial charge in [0.05, 0.1) is 0 Å². The maximum absolute atomic E-state index is 5.92. The summed E-state index contributed by atoms with van der Waals surface area (Å²) in [6.45, 7) is 0. The molecule has 0 radical (unpaired) electrons. The molecule has 0 aliphatic carbocycles. The van der Waals surface area contributed by atoms with Gasteiger partial charge in [0.1, 0.15) is 0 Å². The van der Waals surface area contributed by atoms with Crippen LogP contribution < -0.4 is 5.73 Å². The predicted octanol–water partition coefficient (Wildman–Crippen LogP) is 2.60. The number of rotatable bonds is 3. The van der Waals surface area contributed by atoms with E-state index in [1.165, 1.54) is 0 Å². The van der Waals surface area contributed by atoms with Crippen molar-refractivity contribution in [1.29, 1.82) is 0 Å². The van der Waals surface area contributed by atoms with E-state index < -0.39 is 0 Å². The lowest BCUT2D eigenvalue weighted by Crippen LogP contribution is -1.93. The number of nitrogens with zero attached hydrogens (tertiary/aromatic N) is 3. The Hall–Kier alpha value is -2.01. The summed E-state index contributed by atoms with van der Waals surface area (Å²) in [5.41, 5.74) is 8.72. The van der Waals surface area contributed by atoms with Crippen LogP contribution in [-0.4, -0.2) is 14.6 Å². The van der Waals surface area contributed by atoms with Crippen molar-refractivity contribution < 1.29 is 0 Å². The van der Waals surface area contributed by atoms with Gasteiger partial charge in [0.15, 0.2) is 10.8 Å². The Morgan fingerprint density at radius 2 is 1.89 bits per heavy atom. The summed E-state index contributed by atoms with van der Waals surface area (Å²) in [6, 6.07) is 13.7.